The highest BCUT2D eigenvalue weighted by Gasteiger charge is 2.31. The van der Waals surface area contributed by atoms with E-state index in [-0.39, 0.29) is 18.2 Å². The molecule has 166 valence electrons. The number of aromatic nitrogens is 2. The summed E-state index contributed by atoms with van der Waals surface area (Å²) < 4.78 is 41.8. The quantitative estimate of drug-likeness (QED) is 0.665. The maximum Gasteiger partial charge on any atom is 0.411 e. The number of aliphatic hydroxyl groups is 1. The van der Waals surface area contributed by atoms with Crippen molar-refractivity contribution < 1.29 is 23.0 Å². The van der Waals surface area contributed by atoms with Gasteiger partial charge in [0.1, 0.15) is 12.7 Å². The van der Waals surface area contributed by atoms with Gasteiger partial charge in [-0.2, -0.15) is 18.4 Å². The Morgan fingerprint density at radius 2 is 1.90 bits per heavy atom. The van der Waals surface area contributed by atoms with Gasteiger partial charge in [0.25, 0.3) is 0 Å². The monoisotopic (exact) mass is 426 g/mol. The van der Waals surface area contributed by atoms with E-state index in [2.05, 4.69) is 21.4 Å². The standard InChI is InChI=1S/C21H29F3N4O2/c22-21(23,24)13-30-18-7-5-16(6-8-18)27-20-26-12-15(11-25)19(28-20)10-14-3-1-2-4-17(29)9-14/h12,14,16-18,29H,1-10,13H2,(H,26,27,28)/t14-,16?,17+,18?/m1/s1. The van der Waals surface area contributed by atoms with Crippen molar-refractivity contribution in [2.75, 3.05) is 11.9 Å². The van der Waals surface area contributed by atoms with Gasteiger partial charge >= 0.3 is 6.18 Å². The molecule has 0 bridgehead atoms. The molecule has 2 N–H and O–H groups in total. The molecule has 2 aliphatic rings. The van der Waals surface area contributed by atoms with E-state index in [1.807, 2.05) is 0 Å². The highest BCUT2D eigenvalue weighted by molar-refractivity contribution is 5.37. The van der Waals surface area contributed by atoms with Crippen molar-refractivity contribution in [2.45, 2.75) is 88.6 Å². The second kappa shape index (κ2) is 10.4. The van der Waals surface area contributed by atoms with Gasteiger partial charge in [-0.3, -0.25) is 0 Å². The number of hydrogen-bond acceptors (Lipinski definition) is 6. The third kappa shape index (κ3) is 7.10. The fourth-order valence-electron chi connectivity index (χ4n) is 4.40. The van der Waals surface area contributed by atoms with E-state index < -0.39 is 12.8 Å². The lowest BCUT2D eigenvalue weighted by molar-refractivity contribution is -0.187. The normalized spacial score (nSPS) is 27.8. The van der Waals surface area contributed by atoms with Crippen LogP contribution in [0.5, 0.6) is 0 Å². The van der Waals surface area contributed by atoms with Crippen molar-refractivity contribution in [3.05, 3.63) is 17.5 Å². The highest BCUT2D eigenvalue weighted by Crippen LogP contribution is 2.28. The molecule has 0 saturated heterocycles. The number of anilines is 1. The Kier molecular flexibility index (Phi) is 7.89. The Balaban J connectivity index is 1.55. The molecule has 2 atom stereocenters. The lowest BCUT2D eigenvalue weighted by Gasteiger charge is -2.29. The van der Waals surface area contributed by atoms with E-state index in [1.54, 1.807) is 0 Å². The Hall–Kier alpha value is -1.92. The number of alkyl halides is 3. The second-order valence-corrected chi connectivity index (χ2v) is 8.45. The predicted molar refractivity (Wildman–Crippen MR) is 105 cm³/mol. The summed E-state index contributed by atoms with van der Waals surface area (Å²) >= 11 is 0. The average molecular weight is 426 g/mol. The van der Waals surface area contributed by atoms with Crippen LogP contribution in [0.4, 0.5) is 19.1 Å². The minimum absolute atomic E-state index is 0.0659. The van der Waals surface area contributed by atoms with Gasteiger partial charge in [0.05, 0.1) is 29.7 Å². The first kappa shape index (κ1) is 22.8. The molecule has 0 aliphatic heterocycles. The van der Waals surface area contributed by atoms with Crippen LogP contribution in [0.2, 0.25) is 0 Å². The lowest BCUT2D eigenvalue weighted by Crippen LogP contribution is -2.32. The number of nitriles is 1. The number of nitrogens with one attached hydrogen (secondary N) is 1. The zero-order chi connectivity index (χ0) is 21.6. The van der Waals surface area contributed by atoms with Crippen LogP contribution < -0.4 is 5.32 Å². The van der Waals surface area contributed by atoms with E-state index in [0.717, 1.165) is 32.1 Å². The molecule has 2 aliphatic carbocycles. The summed E-state index contributed by atoms with van der Waals surface area (Å²) in [6.07, 6.45) is 4.30. The maximum absolute atomic E-state index is 12.3. The fourth-order valence-corrected chi connectivity index (χ4v) is 4.40. The summed E-state index contributed by atoms with van der Waals surface area (Å²) in [6, 6.07) is 2.22. The number of nitrogens with zero attached hydrogens (tertiary/aromatic N) is 3. The summed E-state index contributed by atoms with van der Waals surface area (Å²) in [4.78, 5) is 8.81. The molecule has 6 nitrogen and oxygen atoms in total. The molecule has 0 aromatic carbocycles. The number of rotatable bonds is 6. The first-order chi connectivity index (χ1) is 14.3. The van der Waals surface area contributed by atoms with Crippen LogP contribution in [0.1, 0.15) is 69.0 Å². The molecular weight excluding hydrogens is 397 g/mol. The van der Waals surface area contributed by atoms with Gasteiger partial charge in [-0.25, -0.2) is 9.97 Å². The van der Waals surface area contributed by atoms with Crippen LogP contribution in [0.3, 0.4) is 0 Å². The molecule has 0 spiro atoms. The zero-order valence-electron chi connectivity index (χ0n) is 17.0. The molecule has 3 rings (SSSR count). The second-order valence-electron chi connectivity index (χ2n) is 8.45. The van der Waals surface area contributed by atoms with Crippen molar-refractivity contribution in [1.82, 2.24) is 9.97 Å². The van der Waals surface area contributed by atoms with Gasteiger partial charge in [-0.15, -0.1) is 0 Å². The predicted octanol–water partition coefficient (Wildman–Crippen LogP) is 4.13. The van der Waals surface area contributed by atoms with Crippen LogP contribution in [0, 0.1) is 17.2 Å². The van der Waals surface area contributed by atoms with E-state index in [0.29, 0.717) is 55.2 Å². The SMILES string of the molecule is N#Cc1cnc(NC2CCC(OCC(F)(F)F)CC2)nc1C[C@@H]1CCCC[C@H](O)C1. The van der Waals surface area contributed by atoms with Crippen LogP contribution in [-0.2, 0) is 11.2 Å². The summed E-state index contributed by atoms with van der Waals surface area (Å²) in [5, 5.41) is 22.7. The molecule has 0 radical (unpaired) electrons. The molecule has 1 aromatic heterocycles. The van der Waals surface area contributed by atoms with Gasteiger partial charge in [0.15, 0.2) is 0 Å². The van der Waals surface area contributed by atoms with Gasteiger partial charge in [-0.05, 0) is 57.3 Å². The summed E-state index contributed by atoms with van der Waals surface area (Å²) in [5.41, 5.74) is 1.14. The van der Waals surface area contributed by atoms with Gasteiger partial charge in [0.2, 0.25) is 5.95 Å². The van der Waals surface area contributed by atoms with Crippen molar-refractivity contribution in [3.8, 4) is 6.07 Å². The molecule has 0 amide bonds. The van der Waals surface area contributed by atoms with E-state index in [9.17, 15) is 23.5 Å². The molecular formula is C21H29F3N4O2. The smallest absolute Gasteiger partial charge is 0.393 e. The van der Waals surface area contributed by atoms with Crippen molar-refractivity contribution in [2.24, 2.45) is 5.92 Å². The average Bonchev–Trinajstić information content (AvgIpc) is 2.91. The molecule has 1 aromatic rings. The topological polar surface area (TPSA) is 91.1 Å². The molecule has 0 unspecified atom stereocenters. The fraction of sp³-hybridized carbons (Fsp3) is 0.762. The molecule has 2 fully saturated rings. The molecule has 2 saturated carbocycles. The lowest BCUT2D eigenvalue weighted by atomic mass is 9.92. The largest absolute Gasteiger partial charge is 0.411 e. The molecule has 1 heterocycles. The van der Waals surface area contributed by atoms with E-state index in [4.69, 9.17) is 4.74 Å². The third-order valence-corrected chi connectivity index (χ3v) is 5.97. The maximum atomic E-state index is 12.3. The van der Waals surface area contributed by atoms with Crippen molar-refractivity contribution in [3.63, 3.8) is 0 Å². The Bertz CT molecular complexity index is 730. The van der Waals surface area contributed by atoms with Gasteiger partial charge in [-0.1, -0.05) is 12.8 Å². The van der Waals surface area contributed by atoms with Crippen LogP contribution in [-0.4, -0.2) is 46.1 Å². The number of ether oxygens (including phenoxy) is 1. The number of aliphatic hydroxyl groups excluding tert-OH is 1. The summed E-state index contributed by atoms with van der Waals surface area (Å²) in [5.74, 6) is 0.733. The summed E-state index contributed by atoms with van der Waals surface area (Å²) in [6.45, 7) is -1.20. The Morgan fingerprint density at radius 3 is 2.60 bits per heavy atom. The van der Waals surface area contributed by atoms with E-state index >= 15 is 0 Å². The van der Waals surface area contributed by atoms with Crippen molar-refractivity contribution >= 4 is 5.95 Å². The first-order valence-corrected chi connectivity index (χ1v) is 10.7. The van der Waals surface area contributed by atoms with E-state index in [1.165, 1.54) is 6.20 Å². The van der Waals surface area contributed by atoms with Gasteiger partial charge < -0.3 is 15.2 Å². The van der Waals surface area contributed by atoms with Crippen LogP contribution in [0.15, 0.2) is 6.20 Å². The third-order valence-electron chi connectivity index (χ3n) is 5.97. The zero-order valence-corrected chi connectivity index (χ0v) is 17.0. The van der Waals surface area contributed by atoms with Crippen LogP contribution >= 0.6 is 0 Å². The van der Waals surface area contributed by atoms with Gasteiger partial charge in [0, 0.05) is 6.04 Å². The first-order valence-electron chi connectivity index (χ1n) is 10.7. The highest BCUT2D eigenvalue weighted by atomic mass is 19.4. The molecule has 9 heteroatoms. The Labute approximate surface area is 174 Å². The Morgan fingerprint density at radius 1 is 1.17 bits per heavy atom. The van der Waals surface area contributed by atoms with Crippen molar-refractivity contribution in [1.29, 1.82) is 5.26 Å². The number of halogens is 3. The van der Waals surface area contributed by atoms with Crippen LogP contribution in [0.25, 0.3) is 0 Å². The molecule has 30 heavy (non-hydrogen) atoms. The summed E-state index contributed by atoms with van der Waals surface area (Å²) in [7, 11) is 0. The minimum Gasteiger partial charge on any atom is -0.393 e. The minimum atomic E-state index is -4.30. The number of hydrogen-bond donors (Lipinski definition) is 2.